The van der Waals surface area contributed by atoms with E-state index < -0.39 is 10.8 Å². The number of aromatic nitrogens is 2. The summed E-state index contributed by atoms with van der Waals surface area (Å²) in [5.74, 6) is -0.0293. The largest absolute Gasteiger partial charge is 0.310 e. The average Bonchev–Trinajstić information content (AvgIpc) is 2.59. The number of carbonyl (C=O) groups excluding carboxylic acids is 1. The van der Waals surface area contributed by atoms with Crippen molar-refractivity contribution < 1.29 is 9.72 Å². The van der Waals surface area contributed by atoms with Crippen LogP contribution in [-0.4, -0.2) is 19.8 Å². The number of fused-ring (bicyclic) bond motifs is 1. The summed E-state index contributed by atoms with van der Waals surface area (Å²) >= 11 is 4.24. The maximum Gasteiger partial charge on any atom is 0.269 e. The van der Waals surface area contributed by atoms with Gasteiger partial charge in [0.15, 0.2) is 0 Å². The van der Waals surface area contributed by atoms with Crippen LogP contribution in [-0.2, 0) is 11.2 Å². The van der Waals surface area contributed by atoms with Crippen molar-refractivity contribution >= 4 is 30.2 Å². The maximum atomic E-state index is 12.8. The lowest BCUT2D eigenvalue weighted by Gasteiger charge is -2.25. The molecule has 1 aliphatic rings. The second-order valence-electron chi connectivity index (χ2n) is 5.81. The summed E-state index contributed by atoms with van der Waals surface area (Å²) in [7, 11) is 0. The van der Waals surface area contributed by atoms with Crippen molar-refractivity contribution in [2.75, 3.05) is 5.32 Å². The van der Waals surface area contributed by atoms with Crippen LogP contribution in [0.2, 0.25) is 0 Å². The predicted octanol–water partition coefficient (Wildman–Crippen LogP) is 2.27. The van der Waals surface area contributed by atoms with Gasteiger partial charge in [0.25, 0.3) is 11.2 Å². The summed E-state index contributed by atoms with van der Waals surface area (Å²) in [6, 6.07) is 5.85. The van der Waals surface area contributed by atoms with E-state index in [4.69, 9.17) is 0 Å². The van der Waals surface area contributed by atoms with E-state index in [0.29, 0.717) is 23.4 Å². The van der Waals surface area contributed by atoms with E-state index in [1.165, 1.54) is 16.1 Å². The number of nitrogens with zero attached hydrogens (tertiary/aromatic N) is 3. The highest BCUT2D eigenvalue weighted by Gasteiger charge is 2.32. The molecule has 25 heavy (non-hydrogen) atoms. The number of carbonyl (C=O) groups is 1. The summed E-state index contributed by atoms with van der Waals surface area (Å²) in [6.07, 6.45) is 1.41. The molecule has 1 N–H and O–H groups in total. The van der Waals surface area contributed by atoms with Gasteiger partial charge in [0.1, 0.15) is 11.6 Å². The number of hydrogen-bond acceptors (Lipinski definition) is 6. The van der Waals surface area contributed by atoms with Gasteiger partial charge < -0.3 is 5.32 Å². The number of thiol groups is 1. The van der Waals surface area contributed by atoms with Gasteiger partial charge in [0, 0.05) is 30.9 Å². The highest BCUT2D eigenvalue weighted by Crippen LogP contribution is 2.34. The number of amides is 1. The number of non-ortho nitro benzene ring substituents is 1. The number of anilines is 1. The Morgan fingerprint density at radius 2 is 2.04 bits per heavy atom. The first-order valence-electron chi connectivity index (χ1n) is 7.81. The fraction of sp³-hybridized carbons (Fsp3) is 0.312. The first-order chi connectivity index (χ1) is 11.9. The predicted molar refractivity (Wildman–Crippen MR) is 95.1 cm³/mol. The van der Waals surface area contributed by atoms with Crippen molar-refractivity contribution in [2.45, 2.75) is 32.1 Å². The first kappa shape index (κ1) is 17.2. The van der Waals surface area contributed by atoms with E-state index in [-0.39, 0.29) is 29.4 Å². The van der Waals surface area contributed by atoms with Gasteiger partial charge in [-0.25, -0.2) is 8.96 Å². The molecule has 0 bridgehead atoms. The third kappa shape index (κ3) is 3.14. The summed E-state index contributed by atoms with van der Waals surface area (Å²) in [6.45, 7) is 1.96. The van der Waals surface area contributed by atoms with E-state index in [0.717, 1.165) is 6.42 Å². The third-order valence-electron chi connectivity index (χ3n) is 4.14. The molecular weight excluding hydrogens is 344 g/mol. The van der Waals surface area contributed by atoms with Gasteiger partial charge in [-0.2, -0.15) is 0 Å². The van der Waals surface area contributed by atoms with Gasteiger partial charge in [0.2, 0.25) is 5.91 Å². The van der Waals surface area contributed by atoms with Crippen LogP contribution in [0, 0.1) is 10.1 Å². The highest BCUT2D eigenvalue weighted by molar-refractivity contribution is 7.78. The van der Waals surface area contributed by atoms with Crippen molar-refractivity contribution in [3.8, 4) is 0 Å². The standard InChI is InChI=1S/C16H16N4O4S/c1-2-3-12-17-15-14(16(22)19(12)25)11(8-13(21)18-15)9-4-6-10(7-5-9)20(23)24/h4-7,11,25H,2-3,8H2,1H3,(H,18,21). The average molecular weight is 360 g/mol. The first-order valence-corrected chi connectivity index (χ1v) is 8.21. The molecule has 0 aliphatic carbocycles. The van der Waals surface area contributed by atoms with Crippen molar-refractivity contribution in [3.05, 3.63) is 61.7 Å². The van der Waals surface area contributed by atoms with Crippen LogP contribution in [0.4, 0.5) is 11.5 Å². The van der Waals surface area contributed by atoms with Crippen LogP contribution >= 0.6 is 12.8 Å². The van der Waals surface area contributed by atoms with Crippen molar-refractivity contribution in [1.82, 2.24) is 8.96 Å². The molecule has 2 aromatic rings. The van der Waals surface area contributed by atoms with E-state index in [1.54, 1.807) is 12.1 Å². The van der Waals surface area contributed by atoms with Gasteiger partial charge in [-0.3, -0.25) is 19.7 Å². The quantitative estimate of drug-likeness (QED) is 0.494. The molecule has 2 heterocycles. The van der Waals surface area contributed by atoms with Crippen molar-refractivity contribution in [2.24, 2.45) is 0 Å². The molecule has 1 aliphatic heterocycles. The fourth-order valence-corrected chi connectivity index (χ4v) is 3.20. The monoisotopic (exact) mass is 360 g/mol. The Hall–Kier alpha value is -2.68. The molecular formula is C16H16N4O4S. The topological polar surface area (TPSA) is 107 Å². The molecule has 9 heteroatoms. The normalized spacial score (nSPS) is 16.2. The number of nitro benzene ring substituents is 1. The lowest BCUT2D eigenvalue weighted by molar-refractivity contribution is -0.384. The summed E-state index contributed by atoms with van der Waals surface area (Å²) in [5.41, 5.74) is 0.618. The molecule has 130 valence electrons. The molecule has 0 saturated carbocycles. The molecule has 1 atom stereocenters. The molecule has 0 saturated heterocycles. The van der Waals surface area contributed by atoms with Crippen LogP contribution in [0.5, 0.6) is 0 Å². The minimum Gasteiger partial charge on any atom is -0.310 e. The fourth-order valence-electron chi connectivity index (χ4n) is 2.95. The maximum absolute atomic E-state index is 12.8. The molecule has 1 unspecified atom stereocenters. The lowest BCUT2D eigenvalue weighted by Crippen LogP contribution is -2.34. The zero-order valence-corrected chi connectivity index (χ0v) is 14.3. The Kier molecular flexibility index (Phi) is 4.58. The zero-order chi connectivity index (χ0) is 18.1. The van der Waals surface area contributed by atoms with E-state index >= 15 is 0 Å². The van der Waals surface area contributed by atoms with Crippen molar-refractivity contribution in [1.29, 1.82) is 0 Å². The number of nitrogens with one attached hydrogen (secondary N) is 1. The van der Waals surface area contributed by atoms with Crippen molar-refractivity contribution in [3.63, 3.8) is 0 Å². The summed E-state index contributed by atoms with van der Waals surface area (Å²) in [4.78, 5) is 39.5. The summed E-state index contributed by atoms with van der Waals surface area (Å²) in [5, 5.41) is 13.5. The molecule has 8 nitrogen and oxygen atoms in total. The number of aryl methyl sites for hydroxylation is 1. The number of hydrogen-bond donors (Lipinski definition) is 2. The molecule has 0 spiro atoms. The Bertz CT molecular complexity index is 908. The number of nitro groups is 1. The molecule has 1 aromatic carbocycles. The Morgan fingerprint density at radius 1 is 1.36 bits per heavy atom. The van der Waals surface area contributed by atoms with Gasteiger partial charge in [-0.1, -0.05) is 31.9 Å². The van der Waals surface area contributed by atoms with Gasteiger partial charge in [-0.15, -0.1) is 0 Å². The van der Waals surface area contributed by atoms with E-state index in [2.05, 4.69) is 23.1 Å². The Morgan fingerprint density at radius 3 is 2.64 bits per heavy atom. The molecule has 1 amide bonds. The minimum atomic E-state index is -0.515. The minimum absolute atomic E-state index is 0.0488. The Balaban J connectivity index is 2.12. The lowest BCUT2D eigenvalue weighted by atomic mass is 9.86. The van der Waals surface area contributed by atoms with E-state index in [9.17, 15) is 19.7 Å². The highest BCUT2D eigenvalue weighted by atomic mass is 32.1. The van der Waals surface area contributed by atoms with Crippen LogP contribution in [0.15, 0.2) is 29.1 Å². The third-order valence-corrected chi connectivity index (χ3v) is 4.55. The number of rotatable bonds is 4. The molecule has 0 fully saturated rings. The van der Waals surface area contributed by atoms with Crippen LogP contribution < -0.4 is 10.9 Å². The van der Waals surface area contributed by atoms with Crippen LogP contribution in [0.25, 0.3) is 0 Å². The Labute approximate surface area is 148 Å². The SMILES string of the molecule is CCCc1nc2c(c(=O)n1S)C(c1ccc([N+](=O)[O-])cc1)CC(=O)N2. The number of benzene rings is 1. The van der Waals surface area contributed by atoms with E-state index in [1.807, 2.05) is 6.92 Å². The van der Waals surface area contributed by atoms with Crippen LogP contribution in [0.3, 0.4) is 0 Å². The zero-order valence-electron chi connectivity index (χ0n) is 13.4. The second-order valence-corrected chi connectivity index (χ2v) is 6.21. The molecule has 0 radical (unpaired) electrons. The van der Waals surface area contributed by atoms with Gasteiger partial charge in [0.05, 0.1) is 10.5 Å². The van der Waals surface area contributed by atoms with Gasteiger partial charge in [-0.05, 0) is 12.0 Å². The van der Waals surface area contributed by atoms with Crippen LogP contribution in [0.1, 0.15) is 42.6 Å². The van der Waals surface area contributed by atoms with Gasteiger partial charge >= 0.3 is 0 Å². The smallest absolute Gasteiger partial charge is 0.269 e. The summed E-state index contributed by atoms with van der Waals surface area (Å²) < 4.78 is 1.21. The molecule has 3 rings (SSSR count). The second kappa shape index (κ2) is 6.67. The molecule has 1 aromatic heterocycles.